The van der Waals surface area contributed by atoms with Crippen LogP contribution in [0.2, 0.25) is 0 Å². The van der Waals surface area contributed by atoms with Crippen LogP contribution in [0.15, 0.2) is 48.5 Å². The zero-order valence-corrected chi connectivity index (χ0v) is 18.7. The van der Waals surface area contributed by atoms with Gasteiger partial charge in [0.2, 0.25) is 5.91 Å². The number of ether oxygens (including phenoxy) is 2. The molecule has 2 unspecified atom stereocenters. The van der Waals surface area contributed by atoms with Crippen molar-refractivity contribution in [3.05, 3.63) is 59.7 Å². The van der Waals surface area contributed by atoms with Gasteiger partial charge in [0, 0.05) is 6.54 Å². The van der Waals surface area contributed by atoms with Crippen LogP contribution < -0.4 is 14.8 Å². The second-order valence-electron chi connectivity index (χ2n) is 10.1. The Hall–Kier alpha value is -2.49. The van der Waals surface area contributed by atoms with Crippen LogP contribution in [0.25, 0.3) is 0 Å². The van der Waals surface area contributed by atoms with E-state index in [0.29, 0.717) is 18.4 Å². The zero-order chi connectivity index (χ0) is 21.5. The van der Waals surface area contributed by atoms with Crippen molar-refractivity contribution in [2.45, 2.75) is 50.4 Å². The normalized spacial score (nSPS) is 30.8. The van der Waals surface area contributed by atoms with Crippen molar-refractivity contribution in [1.29, 1.82) is 0 Å². The van der Waals surface area contributed by atoms with Gasteiger partial charge in [-0.15, -0.1) is 0 Å². The summed E-state index contributed by atoms with van der Waals surface area (Å²) in [5.74, 6) is 3.41. The third-order valence-corrected chi connectivity index (χ3v) is 8.12. The Bertz CT molecular complexity index is 937. The lowest BCUT2D eigenvalue weighted by Crippen LogP contribution is -2.59. The molecule has 0 heterocycles. The van der Waals surface area contributed by atoms with Crippen LogP contribution in [0.3, 0.4) is 0 Å². The lowest BCUT2D eigenvalue weighted by molar-refractivity contribution is -0.149. The van der Waals surface area contributed by atoms with Gasteiger partial charge in [-0.2, -0.15) is 0 Å². The van der Waals surface area contributed by atoms with Crippen molar-refractivity contribution in [2.75, 3.05) is 20.8 Å². The largest absolute Gasteiger partial charge is 0.497 e. The highest BCUT2D eigenvalue weighted by Gasteiger charge is 2.60. The molecular formula is C27H33NO3. The number of carbonyl (C=O) groups excluding carboxylic acids is 1. The fraction of sp³-hybridized carbons (Fsp3) is 0.519. The second kappa shape index (κ2) is 7.89. The number of nitrogens with one attached hydrogen (secondary N) is 1. The molecule has 0 radical (unpaired) electrons. The first-order valence-corrected chi connectivity index (χ1v) is 11.6. The minimum Gasteiger partial charge on any atom is -0.497 e. The number of rotatable bonds is 7. The van der Waals surface area contributed by atoms with Crippen molar-refractivity contribution in [3.8, 4) is 11.5 Å². The molecule has 31 heavy (non-hydrogen) atoms. The molecule has 4 aliphatic carbocycles. The van der Waals surface area contributed by atoms with Crippen LogP contribution >= 0.6 is 0 Å². The summed E-state index contributed by atoms with van der Waals surface area (Å²) < 4.78 is 10.8. The maximum Gasteiger partial charge on any atom is 0.226 e. The molecule has 4 heteroatoms. The summed E-state index contributed by atoms with van der Waals surface area (Å²) in [5, 5.41) is 3.31. The number of carbonyl (C=O) groups is 1. The van der Waals surface area contributed by atoms with Gasteiger partial charge in [0.15, 0.2) is 0 Å². The summed E-state index contributed by atoms with van der Waals surface area (Å²) in [6.07, 6.45) is 7.65. The third kappa shape index (κ3) is 3.60. The van der Waals surface area contributed by atoms with Gasteiger partial charge in [0.05, 0.1) is 19.6 Å². The summed E-state index contributed by atoms with van der Waals surface area (Å²) in [6.45, 7) is 0.659. The fourth-order valence-electron chi connectivity index (χ4n) is 7.22. The average molecular weight is 420 g/mol. The van der Waals surface area contributed by atoms with Crippen LogP contribution in [0.5, 0.6) is 11.5 Å². The number of hydrogen-bond donors (Lipinski definition) is 1. The first-order chi connectivity index (χ1) is 15.1. The van der Waals surface area contributed by atoms with Gasteiger partial charge in [-0.1, -0.05) is 30.3 Å². The Morgan fingerprint density at radius 3 is 2.35 bits per heavy atom. The van der Waals surface area contributed by atoms with Gasteiger partial charge in [-0.05, 0) is 91.5 Å². The molecule has 0 aromatic heterocycles. The van der Waals surface area contributed by atoms with E-state index >= 15 is 0 Å². The first-order valence-electron chi connectivity index (χ1n) is 11.6. The van der Waals surface area contributed by atoms with Crippen molar-refractivity contribution in [3.63, 3.8) is 0 Å². The molecule has 4 aliphatic rings. The highest BCUT2D eigenvalue weighted by Crippen LogP contribution is 2.65. The lowest BCUT2D eigenvalue weighted by atomic mass is 9.42. The van der Waals surface area contributed by atoms with Gasteiger partial charge >= 0.3 is 0 Å². The molecule has 1 amide bonds. The van der Waals surface area contributed by atoms with Crippen LogP contribution in [-0.2, 0) is 16.6 Å². The van der Waals surface area contributed by atoms with Crippen LogP contribution in [-0.4, -0.2) is 26.7 Å². The van der Waals surface area contributed by atoms with E-state index in [1.165, 1.54) is 24.8 Å². The molecule has 1 N–H and O–H groups in total. The second-order valence-corrected chi connectivity index (χ2v) is 10.1. The van der Waals surface area contributed by atoms with Crippen LogP contribution in [0.4, 0.5) is 0 Å². The monoisotopic (exact) mass is 419 g/mol. The van der Waals surface area contributed by atoms with E-state index in [0.717, 1.165) is 42.7 Å². The lowest BCUT2D eigenvalue weighted by Gasteiger charge is -2.61. The number of benzene rings is 2. The predicted octanol–water partition coefficient (Wildman–Crippen LogP) is 4.90. The maximum absolute atomic E-state index is 13.6. The summed E-state index contributed by atoms with van der Waals surface area (Å²) in [4.78, 5) is 13.6. The van der Waals surface area contributed by atoms with Gasteiger partial charge in [-0.3, -0.25) is 4.79 Å². The van der Waals surface area contributed by atoms with Crippen molar-refractivity contribution in [2.24, 2.45) is 17.3 Å². The van der Waals surface area contributed by atoms with E-state index in [1.54, 1.807) is 14.2 Å². The quantitative estimate of drug-likeness (QED) is 0.694. The average Bonchev–Trinajstić information content (AvgIpc) is 2.78. The molecule has 4 saturated carbocycles. The van der Waals surface area contributed by atoms with E-state index in [-0.39, 0.29) is 16.7 Å². The van der Waals surface area contributed by atoms with Gasteiger partial charge < -0.3 is 14.8 Å². The van der Waals surface area contributed by atoms with Gasteiger partial charge in [-0.25, -0.2) is 0 Å². The Morgan fingerprint density at radius 2 is 1.68 bits per heavy atom. The number of para-hydroxylation sites is 1. The number of amides is 1. The predicted molar refractivity (Wildman–Crippen MR) is 121 cm³/mol. The smallest absolute Gasteiger partial charge is 0.226 e. The molecule has 0 aliphatic heterocycles. The Morgan fingerprint density at radius 1 is 0.968 bits per heavy atom. The summed E-state index contributed by atoms with van der Waals surface area (Å²) in [7, 11) is 3.41. The highest BCUT2D eigenvalue weighted by atomic mass is 16.5. The van der Waals surface area contributed by atoms with Crippen molar-refractivity contribution in [1.82, 2.24) is 5.32 Å². The van der Waals surface area contributed by atoms with Crippen LogP contribution in [0.1, 0.15) is 49.7 Å². The van der Waals surface area contributed by atoms with E-state index in [4.69, 9.17) is 9.47 Å². The van der Waals surface area contributed by atoms with E-state index in [2.05, 4.69) is 35.6 Å². The minimum atomic E-state index is -0.204. The molecular weight excluding hydrogens is 386 g/mol. The molecule has 0 saturated heterocycles. The molecule has 6 rings (SSSR count). The molecule has 4 fully saturated rings. The maximum atomic E-state index is 13.6. The first kappa shape index (κ1) is 20.4. The highest BCUT2D eigenvalue weighted by molar-refractivity contribution is 5.83. The SMILES string of the molecule is COc1ccc(C23CC4CC(CC(C(=O)NCCc5ccccc5OC)(C4)C2)C3)cc1. The number of hydrogen-bond acceptors (Lipinski definition) is 3. The van der Waals surface area contributed by atoms with Gasteiger partial charge in [0.1, 0.15) is 11.5 Å². The standard InChI is InChI=1S/C27H33NO3/c1-30-23-9-7-22(8-10-23)26-14-19-13-20(15-26)17-27(16-19,18-26)25(29)28-12-11-21-5-3-4-6-24(21)31-2/h3-10,19-20H,11-18H2,1-2H3,(H,28,29). The van der Waals surface area contributed by atoms with E-state index < -0.39 is 0 Å². The summed E-state index contributed by atoms with van der Waals surface area (Å²) >= 11 is 0. The molecule has 164 valence electrons. The fourth-order valence-corrected chi connectivity index (χ4v) is 7.22. The minimum absolute atomic E-state index is 0.149. The Labute approximate surface area is 185 Å². The molecule has 4 nitrogen and oxygen atoms in total. The summed E-state index contributed by atoms with van der Waals surface area (Å²) in [5.41, 5.74) is 2.49. The van der Waals surface area contributed by atoms with Crippen molar-refractivity contribution < 1.29 is 14.3 Å². The molecule has 2 atom stereocenters. The van der Waals surface area contributed by atoms with Gasteiger partial charge in [0.25, 0.3) is 0 Å². The molecule has 4 bridgehead atoms. The zero-order valence-electron chi connectivity index (χ0n) is 18.7. The van der Waals surface area contributed by atoms with E-state index in [1.807, 2.05) is 18.2 Å². The number of methoxy groups -OCH3 is 2. The Balaban J connectivity index is 1.32. The third-order valence-electron chi connectivity index (χ3n) is 8.12. The molecule has 2 aromatic rings. The van der Waals surface area contributed by atoms with Crippen LogP contribution in [0, 0.1) is 17.3 Å². The van der Waals surface area contributed by atoms with Crippen molar-refractivity contribution >= 4 is 5.91 Å². The van der Waals surface area contributed by atoms with E-state index in [9.17, 15) is 4.79 Å². The molecule has 0 spiro atoms. The Kier molecular flexibility index (Phi) is 5.19. The molecule has 2 aromatic carbocycles. The summed E-state index contributed by atoms with van der Waals surface area (Å²) in [6, 6.07) is 16.7. The topological polar surface area (TPSA) is 47.6 Å².